The molecule has 4 aliphatic heterocycles. The molecule has 0 aliphatic carbocycles. The number of anilines is 2. The first-order chi connectivity index (χ1) is 33.7. The minimum Gasteiger partial charge on any atom is -0.494 e. The van der Waals surface area contributed by atoms with E-state index in [2.05, 4.69) is 30.2 Å². The number of aliphatic hydroxyl groups is 1. The van der Waals surface area contributed by atoms with Crippen LogP contribution in [0.3, 0.4) is 0 Å². The van der Waals surface area contributed by atoms with E-state index in [9.17, 15) is 28.3 Å². The van der Waals surface area contributed by atoms with Gasteiger partial charge >= 0.3 is 0 Å². The third-order valence-electron chi connectivity index (χ3n) is 14.1. The molecule has 17 nitrogen and oxygen atoms in total. The van der Waals surface area contributed by atoms with Crippen LogP contribution in [0.15, 0.2) is 55.2 Å². The zero-order valence-electron chi connectivity index (χ0n) is 38.7. The molecule has 3 fully saturated rings. The lowest BCUT2D eigenvalue weighted by atomic mass is 9.84. The van der Waals surface area contributed by atoms with E-state index in [1.54, 1.807) is 27.7 Å². The molecule has 5 aromatic rings. The zero-order valence-corrected chi connectivity index (χ0v) is 38.7. The van der Waals surface area contributed by atoms with Crippen molar-refractivity contribution in [2.45, 2.75) is 101 Å². The Hall–Kier alpha value is -6.45. The summed E-state index contributed by atoms with van der Waals surface area (Å²) in [5, 5.41) is 12.7. The number of halogens is 4. The topological polar surface area (TPSA) is 220 Å². The van der Waals surface area contributed by atoms with Crippen molar-refractivity contribution in [3.8, 4) is 22.8 Å². The largest absolute Gasteiger partial charge is 0.494 e. The number of piperidine rings is 3. The van der Waals surface area contributed by atoms with E-state index >= 15 is 8.78 Å². The first-order valence-electron chi connectivity index (χ1n) is 23.9. The maximum atomic E-state index is 15.9. The van der Waals surface area contributed by atoms with Gasteiger partial charge in [0.05, 0.1) is 49.2 Å². The second kappa shape index (κ2) is 20.9. The lowest BCUT2D eigenvalue weighted by Crippen LogP contribution is -2.63. The molecule has 0 saturated carbocycles. The number of amides is 3. The summed E-state index contributed by atoms with van der Waals surface area (Å²) >= 11 is 0. The van der Waals surface area contributed by atoms with Crippen LogP contribution in [0.1, 0.15) is 85.7 Å². The molecular weight excluding hydrogens is 915 g/mol. The quantitative estimate of drug-likeness (QED) is 0.0504. The number of aliphatic hydroxyl groups excluding tert-OH is 1. The number of aromatic nitrogens is 5. The van der Waals surface area contributed by atoms with Crippen molar-refractivity contribution in [1.29, 1.82) is 0 Å². The van der Waals surface area contributed by atoms with Crippen LogP contribution in [0, 0.1) is 17.6 Å². The molecule has 6 N–H and O–H groups in total. The number of carbonyl (C=O) groups is 3. The van der Waals surface area contributed by atoms with E-state index in [1.807, 2.05) is 6.07 Å². The Balaban J connectivity index is 0.740. The summed E-state index contributed by atoms with van der Waals surface area (Å²) in [5.74, 6) is -1.61. The number of fused-ring (bicyclic) bond motifs is 2. The molecule has 21 heteroatoms. The number of carbonyl (C=O) groups excluding carboxylic acids is 3. The normalized spacial score (nSPS) is 20.6. The van der Waals surface area contributed by atoms with E-state index in [0.29, 0.717) is 66.3 Å². The number of imidazole rings is 1. The third-order valence-corrected chi connectivity index (χ3v) is 14.1. The molecule has 3 atom stereocenters. The van der Waals surface area contributed by atoms with Crippen molar-refractivity contribution < 1.29 is 46.5 Å². The zero-order chi connectivity index (χ0) is 49.1. The lowest BCUT2D eigenvalue weighted by Gasteiger charge is -2.44. The number of imide groups is 1. The van der Waals surface area contributed by atoms with Crippen molar-refractivity contribution in [3.63, 3.8) is 0 Å². The van der Waals surface area contributed by atoms with Gasteiger partial charge in [-0.15, -0.1) is 0 Å². The number of pyridine rings is 1. The summed E-state index contributed by atoms with van der Waals surface area (Å²) in [5.41, 5.74) is 14.1. The maximum absolute atomic E-state index is 15.9. The van der Waals surface area contributed by atoms with Crippen LogP contribution in [-0.2, 0) is 22.7 Å². The highest BCUT2D eigenvalue weighted by Crippen LogP contribution is 2.36. The number of likely N-dealkylation sites (tertiary alicyclic amines) is 1. The highest BCUT2D eigenvalue weighted by molar-refractivity contribution is 6.05. The molecule has 3 aromatic heterocycles. The maximum Gasteiger partial charge on any atom is 0.265 e. The average Bonchev–Trinajstić information content (AvgIpc) is 3.91. The van der Waals surface area contributed by atoms with Gasteiger partial charge in [-0.25, -0.2) is 32.5 Å². The van der Waals surface area contributed by atoms with E-state index in [-0.39, 0.29) is 73.1 Å². The molecule has 70 heavy (non-hydrogen) atoms. The lowest BCUT2D eigenvalue weighted by molar-refractivity contribution is -0.136. The Morgan fingerprint density at radius 1 is 0.914 bits per heavy atom. The first kappa shape index (κ1) is 48.6. The number of unbranched alkanes of at least 4 members (excludes halogenated alkanes) is 3. The molecule has 0 spiro atoms. The minimum atomic E-state index is -3.04. The van der Waals surface area contributed by atoms with E-state index in [0.717, 1.165) is 75.9 Å². The second-order valence-corrected chi connectivity index (χ2v) is 18.9. The Morgan fingerprint density at radius 3 is 2.53 bits per heavy atom. The fourth-order valence-electron chi connectivity index (χ4n) is 10.1. The van der Waals surface area contributed by atoms with Crippen LogP contribution in [-0.4, -0.2) is 127 Å². The predicted octanol–water partition coefficient (Wildman–Crippen LogP) is 5.21. The molecule has 2 aromatic carbocycles. The molecule has 9 rings (SSSR count). The Bertz CT molecular complexity index is 2740. The van der Waals surface area contributed by atoms with Gasteiger partial charge in [0.2, 0.25) is 11.8 Å². The number of nitrogens with zero attached hydrogens (tertiary/aromatic N) is 8. The number of nitrogens with one attached hydrogen (secondary N) is 1. The Kier molecular flexibility index (Phi) is 14.5. The van der Waals surface area contributed by atoms with Gasteiger partial charge in [0.1, 0.15) is 35.6 Å². The number of rotatable bonds is 18. The number of hydrogen-bond donors (Lipinski definition) is 4. The van der Waals surface area contributed by atoms with Gasteiger partial charge in [0.25, 0.3) is 12.3 Å². The molecule has 3 saturated heterocycles. The van der Waals surface area contributed by atoms with Gasteiger partial charge in [-0.3, -0.25) is 24.7 Å². The molecule has 4 aliphatic rings. The number of nitrogens with two attached hydrogens (primary N) is 2. The summed E-state index contributed by atoms with van der Waals surface area (Å²) in [7, 11) is 0. The summed E-state index contributed by atoms with van der Waals surface area (Å²) in [6.45, 7) is 4.26. The number of alkyl halides is 2. The molecule has 1 unspecified atom stereocenters. The van der Waals surface area contributed by atoms with Crippen LogP contribution in [0.5, 0.6) is 11.5 Å². The van der Waals surface area contributed by atoms with Crippen molar-refractivity contribution in [2.75, 3.05) is 56.6 Å². The number of nitrogen functional groups attached to an aromatic ring is 1. The monoisotopic (exact) mass is 971 g/mol. The van der Waals surface area contributed by atoms with Crippen molar-refractivity contribution in [3.05, 3.63) is 83.6 Å². The van der Waals surface area contributed by atoms with E-state index < -0.39 is 41.7 Å². The molecular formula is C49H57F4N11O6. The van der Waals surface area contributed by atoms with Crippen LogP contribution in [0.25, 0.3) is 22.4 Å². The third kappa shape index (κ3) is 10.5. The number of hydrogen-bond acceptors (Lipinski definition) is 14. The number of ether oxygens (including phenoxy) is 2. The standard InChI is InChI=1S/C49H57F4N11O6/c50-35-21-40(70-25-29-10-15-61(16-11-29)13-3-1-2-4-17-69-32-6-7-33-30(18-32)24-64(48(33)68)38-8-9-41(65)60-47(38)67)36(51)20-34(35)37-19-31(23-63-28-59-42-45(54)57-27-58-46(42)63)39(22-56-37)62-14-5-12-49(55,26-62)43(66)44(52)53/h6-7,18-22,27-29,38,43-44,66H,1-5,8-17,23-26,55H2,(H2,54,57,58)(H,60,65,67)/t38?,43-,49+/m0/s1. The highest BCUT2D eigenvalue weighted by atomic mass is 19.3. The Morgan fingerprint density at radius 2 is 1.73 bits per heavy atom. The number of benzene rings is 2. The molecule has 372 valence electrons. The van der Waals surface area contributed by atoms with Crippen molar-refractivity contribution in [1.82, 2.24) is 39.6 Å². The summed E-state index contributed by atoms with van der Waals surface area (Å²) < 4.78 is 72.6. The average molecular weight is 972 g/mol. The molecule has 3 amide bonds. The van der Waals surface area contributed by atoms with Crippen LogP contribution in [0.2, 0.25) is 0 Å². The summed E-state index contributed by atoms with van der Waals surface area (Å²) in [6.07, 6.45) is 6.02. The fraction of sp³-hybridized carbons (Fsp3) is 0.490. The Labute approximate surface area is 401 Å². The predicted molar refractivity (Wildman–Crippen MR) is 250 cm³/mol. The van der Waals surface area contributed by atoms with Gasteiger partial charge in [-0.05, 0) is 112 Å². The highest BCUT2D eigenvalue weighted by Gasteiger charge is 2.43. The van der Waals surface area contributed by atoms with Crippen LogP contribution >= 0.6 is 0 Å². The molecule has 7 heterocycles. The van der Waals surface area contributed by atoms with Crippen LogP contribution < -0.4 is 31.2 Å². The van der Waals surface area contributed by atoms with Crippen molar-refractivity contribution >= 4 is 40.4 Å². The molecule has 0 bridgehead atoms. The second-order valence-electron chi connectivity index (χ2n) is 18.9. The van der Waals surface area contributed by atoms with E-state index in [1.165, 1.54) is 23.8 Å². The molecule has 0 radical (unpaired) electrons. The van der Waals surface area contributed by atoms with Gasteiger partial charge in [-0.1, -0.05) is 12.8 Å². The SMILES string of the molecule is Nc1ncnc2c1ncn2Cc1cc(-c2cc(F)c(OCC3CCN(CCCCCCOc4ccc5c(c4)CN(C4CCC(=O)NC4=O)C5=O)CC3)cc2F)ncc1N1CCC[C@](N)([C@@H](O)C(F)F)C1. The minimum absolute atomic E-state index is 0.0953. The summed E-state index contributed by atoms with van der Waals surface area (Å²) in [4.78, 5) is 59.8. The summed E-state index contributed by atoms with van der Waals surface area (Å²) in [6, 6.07) is 8.43. The van der Waals surface area contributed by atoms with E-state index in [4.69, 9.17) is 20.9 Å². The van der Waals surface area contributed by atoms with Gasteiger partial charge in [0.15, 0.2) is 23.0 Å². The fourth-order valence-corrected chi connectivity index (χ4v) is 10.1. The van der Waals surface area contributed by atoms with Crippen LogP contribution in [0.4, 0.5) is 29.1 Å². The van der Waals surface area contributed by atoms with Gasteiger partial charge in [-0.2, -0.15) is 0 Å². The smallest absolute Gasteiger partial charge is 0.265 e. The van der Waals surface area contributed by atoms with Gasteiger partial charge in [0, 0.05) is 43.2 Å². The first-order valence-corrected chi connectivity index (χ1v) is 23.9. The van der Waals surface area contributed by atoms with Gasteiger partial charge < -0.3 is 45.3 Å². The van der Waals surface area contributed by atoms with Crippen molar-refractivity contribution in [2.24, 2.45) is 11.7 Å².